The fraction of sp³-hybridized carbons (Fsp3) is 0.333. The number of thiocarbonyl (C=S) groups is 1. The van der Waals surface area contributed by atoms with Gasteiger partial charge in [-0.3, -0.25) is 4.98 Å². The number of benzene rings is 2. The number of aromatic nitrogens is 2. The molecule has 4 aromatic rings. The molecule has 1 N–H and O–H groups in total. The van der Waals surface area contributed by atoms with E-state index in [0.29, 0.717) is 11.2 Å². The average Bonchev–Trinajstić information content (AvgIpc) is 3.65. The Hall–Kier alpha value is -3.64. The Bertz CT molecular complexity index is 1490. The smallest absolute Gasteiger partial charge is 0.174 e. The minimum atomic E-state index is -0.0827. The highest BCUT2D eigenvalue weighted by Crippen LogP contribution is 2.44. The maximum atomic E-state index is 6.25. The number of nitrogens with one attached hydrogen (secondary N) is 1. The number of hydrogen-bond acceptors (Lipinski definition) is 3. The highest BCUT2D eigenvalue weighted by Gasteiger charge is 2.42. The first kappa shape index (κ1) is 25.6. The Labute approximate surface area is 236 Å². The van der Waals surface area contributed by atoms with Crippen LogP contribution in [0.3, 0.4) is 0 Å². The summed E-state index contributed by atoms with van der Waals surface area (Å²) in [4.78, 5) is 6.99. The van der Waals surface area contributed by atoms with Crippen LogP contribution in [0.1, 0.15) is 71.5 Å². The van der Waals surface area contributed by atoms with Crippen molar-refractivity contribution in [1.82, 2.24) is 14.9 Å². The molecule has 0 amide bonds. The van der Waals surface area contributed by atoms with E-state index in [-0.39, 0.29) is 12.1 Å². The van der Waals surface area contributed by atoms with Gasteiger partial charge in [0.1, 0.15) is 5.75 Å². The van der Waals surface area contributed by atoms with E-state index in [2.05, 4.69) is 97.1 Å². The van der Waals surface area contributed by atoms with Crippen molar-refractivity contribution in [1.29, 1.82) is 0 Å². The zero-order valence-corrected chi connectivity index (χ0v) is 24.0. The van der Waals surface area contributed by atoms with Crippen molar-refractivity contribution in [3.05, 3.63) is 107 Å². The van der Waals surface area contributed by atoms with Gasteiger partial charge in [-0.15, -0.1) is 0 Å². The molecule has 6 heteroatoms. The molecule has 0 spiro atoms. The molecule has 1 saturated heterocycles. The van der Waals surface area contributed by atoms with Crippen molar-refractivity contribution >= 4 is 23.0 Å². The van der Waals surface area contributed by atoms with E-state index in [1.807, 2.05) is 18.3 Å². The summed E-state index contributed by atoms with van der Waals surface area (Å²) >= 11 is 5.99. The summed E-state index contributed by atoms with van der Waals surface area (Å²) in [5, 5.41) is 4.32. The number of aryl methyl sites for hydroxylation is 2. The van der Waals surface area contributed by atoms with Crippen LogP contribution >= 0.6 is 12.2 Å². The number of anilines is 1. The molecule has 2 aliphatic rings. The summed E-state index contributed by atoms with van der Waals surface area (Å²) in [7, 11) is 0. The van der Waals surface area contributed by atoms with Gasteiger partial charge in [-0.25, -0.2) is 0 Å². The molecule has 2 unspecified atom stereocenters. The lowest BCUT2D eigenvalue weighted by Gasteiger charge is -2.28. The van der Waals surface area contributed by atoms with Crippen molar-refractivity contribution in [3.8, 4) is 11.4 Å². The topological polar surface area (TPSA) is 42.3 Å². The lowest BCUT2D eigenvalue weighted by atomic mass is 9.96. The first-order valence-electron chi connectivity index (χ1n) is 13.9. The molecule has 1 aliphatic carbocycles. The van der Waals surface area contributed by atoms with Crippen LogP contribution in [0.25, 0.3) is 5.69 Å². The van der Waals surface area contributed by atoms with Gasteiger partial charge in [-0.05, 0) is 131 Å². The van der Waals surface area contributed by atoms with Crippen LogP contribution in [-0.4, -0.2) is 20.8 Å². The van der Waals surface area contributed by atoms with Gasteiger partial charge in [0.2, 0.25) is 0 Å². The zero-order valence-electron chi connectivity index (χ0n) is 23.1. The Kier molecular flexibility index (Phi) is 6.90. The molecular formula is C33H36N4OS. The maximum absolute atomic E-state index is 6.25. The third kappa shape index (κ3) is 4.71. The molecule has 0 radical (unpaired) electrons. The number of ether oxygens (including phenoxy) is 1. The van der Waals surface area contributed by atoms with Crippen LogP contribution < -0.4 is 15.0 Å². The normalized spacial score (nSPS) is 19.5. The molecule has 6 rings (SSSR count). The van der Waals surface area contributed by atoms with Gasteiger partial charge >= 0.3 is 0 Å². The van der Waals surface area contributed by atoms with E-state index in [9.17, 15) is 0 Å². The highest BCUT2D eigenvalue weighted by molar-refractivity contribution is 7.80. The minimum absolute atomic E-state index is 0.0564. The summed E-state index contributed by atoms with van der Waals surface area (Å²) in [5.41, 5.74) is 9.48. The second-order valence-electron chi connectivity index (χ2n) is 10.9. The van der Waals surface area contributed by atoms with Gasteiger partial charge in [0.25, 0.3) is 0 Å². The molecule has 1 aliphatic heterocycles. The first-order chi connectivity index (χ1) is 18.9. The largest absolute Gasteiger partial charge is 0.490 e. The number of nitrogens with zero attached hydrogens (tertiary/aromatic N) is 3. The molecule has 1 saturated carbocycles. The fourth-order valence-corrected chi connectivity index (χ4v) is 6.61. The van der Waals surface area contributed by atoms with Gasteiger partial charge in [0, 0.05) is 29.0 Å². The van der Waals surface area contributed by atoms with Gasteiger partial charge in [0.15, 0.2) is 5.11 Å². The summed E-state index contributed by atoms with van der Waals surface area (Å²) in [6, 6.07) is 23.2. The van der Waals surface area contributed by atoms with Gasteiger partial charge < -0.3 is 19.5 Å². The number of pyridine rings is 1. The molecule has 5 nitrogen and oxygen atoms in total. The van der Waals surface area contributed by atoms with Crippen molar-refractivity contribution in [2.45, 2.75) is 71.6 Å². The van der Waals surface area contributed by atoms with Crippen LogP contribution in [0.15, 0.2) is 72.9 Å². The van der Waals surface area contributed by atoms with Crippen LogP contribution in [-0.2, 0) is 0 Å². The highest BCUT2D eigenvalue weighted by atomic mass is 32.1. The van der Waals surface area contributed by atoms with Crippen molar-refractivity contribution in [2.24, 2.45) is 0 Å². The lowest BCUT2D eigenvalue weighted by Crippen LogP contribution is -2.29. The molecular weight excluding hydrogens is 500 g/mol. The minimum Gasteiger partial charge on any atom is -0.490 e. The zero-order chi connectivity index (χ0) is 27.1. The molecule has 200 valence electrons. The average molecular weight is 537 g/mol. The van der Waals surface area contributed by atoms with Gasteiger partial charge in [-0.2, -0.15) is 0 Å². The quantitative estimate of drug-likeness (QED) is 0.257. The van der Waals surface area contributed by atoms with Crippen LogP contribution in [0.2, 0.25) is 0 Å². The Morgan fingerprint density at radius 2 is 1.69 bits per heavy atom. The van der Waals surface area contributed by atoms with E-state index >= 15 is 0 Å². The summed E-state index contributed by atoms with van der Waals surface area (Å²) in [5.74, 6) is 0.926. The van der Waals surface area contributed by atoms with Crippen molar-refractivity contribution in [2.75, 3.05) is 4.90 Å². The summed E-state index contributed by atoms with van der Waals surface area (Å²) in [6.45, 7) is 8.78. The second-order valence-corrected chi connectivity index (χ2v) is 11.3. The summed E-state index contributed by atoms with van der Waals surface area (Å²) in [6.07, 6.45) is 6.99. The maximum Gasteiger partial charge on any atom is 0.174 e. The molecule has 2 atom stereocenters. The lowest BCUT2D eigenvalue weighted by molar-refractivity contribution is 0.210. The predicted octanol–water partition coefficient (Wildman–Crippen LogP) is 7.60. The molecule has 39 heavy (non-hydrogen) atoms. The third-order valence-corrected chi connectivity index (χ3v) is 8.74. The molecule has 2 aromatic carbocycles. The third-order valence-electron chi connectivity index (χ3n) is 8.42. The van der Waals surface area contributed by atoms with Gasteiger partial charge in [-0.1, -0.05) is 18.2 Å². The van der Waals surface area contributed by atoms with E-state index < -0.39 is 0 Å². The summed E-state index contributed by atoms with van der Waals surface area (Å²) < 4.78 is 8.63. The Morgan fingerprint density at radius 1 is 0.923 bits per heavy atom. The van der Waals surface area contributed by atoms with Crippen molar-refractivity contribution in [3.63, 3.8) is 0 Å². The van der Waals surface area contributed by atoms with Crippen LogP contribution in [0.5, 0.6) is 5.75 Å². The Morgan fingerprint density at radius 3 is 2.41 bits per heavy atom. The molecule has 2 aromatic heterocycles. The monoisotopic (exact) mass is 536 g/mol. The second kappa shape index (κ2) is 10.5. The first-order valence-corrected chi connectivity index (χ1v) is 14.4. The van der Waals surface area contributed by atoms with E-state index in [4.69, 9.17) is 21.9 Å². The van der Waals surface area contributed by atoms with Crippen LogP contribution in [0.4, 0.5) is 5.69 Å². The van der Waals surface area contributed by atoms with E-state index in [1.54, 1.807) is 0 Å². The predicted molar refractivity (Wildman–Crippen MR) is 162 cm³/mol. The van der Waals surface area contributed by atoms with E-state index in [1.165, 1.54) is 46.6 Å². The van der Waals surface area contributed by atoms with Gasteiger partial charge in [0.05, 0.1) is 23.9 Å². The number of rotatable bonds is 6. The Balaban J connectivity index is 1.43. The SMILES string of the molecule is Cc1cccc(-n2c(C)cc(C3C(c4ccccn4)NC(=S)N3c3ccc(OC4CCCC4)cc3)c2C)c1C. The standard InChI is InChI=1S/C33H36N4OS/c1-21-10-9-14-30(23(21)3)36-22(2)20-28(24(36)4)32-31(29-13-7-8-19-34-29)35-33(39)37(32)25-15-17-27(18-16-25)38-26-11-5-6-12-26/h7-10,13-20,26,31-32H,5-6,11-12H2,1-4H3,(H,35,39). The fourth-order valence-electron chi connectivity index (χ4n) is 6.27. The molecule has 2 fully saturated rings. The van der Waals surface area contributed by atoms with Crippen LogP contribution in [0, 0.1) is 27.7 Å². The van der Waals surface area contributed by atoms with E-state index in [0.717, 1.165) is 30.0 Å². The molecule has 0 bridgehead atoms. The van der Waals surface area contributed by atoms with Crippen molar-refractivity contribution < 1.29 is 4.74 Å². The molecule has 3 heterocycles. The number of hydrogen-bond donors (Lipinski definition) is 1.